The van der Waals surface area contributed by atoms with Crippen LogP contribution in [0, 0.1) is 0 Å². The average molecular weight is 310 g/mol. The van der Waals surface area contributed by atoms with Crippen molar-refractivity contribution < 1.29 is 14.7 Å². The predicted molar refractivity (Wildman–Crippen MR) is 77.1 cm³/mol. The highest BCUT2D eigenvalue weighted by Gasteiger charge is 2.36. The van der Waals surface area contributed by atoms with Crippen molar-refractivity contribution in [3.8, 4) is 0 Å². The van der Waals surface area contributed by atoms with Gasteiger partial charge in [-0.1, -0.05) is 27.7 Å². The highest BCUT2D eigenvalue weighted by Crippen LogP contribution is 2.26. The molecule has 0 spiro atoms. The molecule has 18 heavy (non-hydrogen) atoms. The van der Waals surface area contributed by atoms with Crippen LogP contribution in [0.3, 0.4) is 0 Å². The fourth-order valence-corrected chi connectivity index (χ4v) is 4.11. The Labute approximate surface area is 120 Å². The van der Waals surface area contributed by atoms with Crippen molar-refractivity contribution in [2.75, 3.05) is 18.1 Å². The summed E-state index contributed by atoms with van der Waals surface area (Å²) in [5.74, 6) is 0.0535. The summed E-state index contributed by atoms with van der Waals surface area (Å²) in [4.78, 5) is 24.4. The number of nitrogens with zero attached hydrogens (tertiary/aromatic N) is 1. The zero-order chi connectivity index (χ0) is 13.5. The molecule has 0 aromatic rings. The van der Waals surface area contributed by atoms with E-state index in [1.807, 2.05) is 0 Å². The summed E-state index contributed by atoms with van der Waals surface area (Å²) in [5.41, 5.74) is 0. The third-order valence-electron chi connectivity index (χ3n) is 2.57. The number of halogens is 1. The van der Waals surface area contributed by atoms with Gasteiger partial charge in [-0.3, -0.25) is 4.79 Å². The third-order valence-corrected chi connectivity index (χ3v) is 5.42. The van der Waals surface area contributed by atoms with Crippen molar-refractivity contribution in [1.29, 1.82) is 0 Å². The summed E-state index contributed by atoms with van der Waals surface area (Å²) < 4.78 is 0. The lowest BCUT2D eigenvalue weighted by atomic mass is 10.2. The molecular formula is C11H16ClNO3S2. The molecule has 0 aromatic heterocycles. The number of aliphatic carboxylic acids is 1. The second kappa shape index (κ2) is 7.96. The SMILES string of the molecule is C=CCSSCC(Cl)C(=O)N1CCC[C@H]1C(=O)O. The van der Waals surface area contributed by atoms with Gasteiger partial charge in [0.1, 0.15) is 11.4 Å². The quantitative estimate of drug-likeness (QED) is 0.338. The number of alkyl halides is 1. The molecule has 1 amide bonds. The van der Waals surface area contributed by atoms with E-state index in [4.69, 9.17) is 16.7 Å². The number of amides is 1. The second-order valence-electron chi connectivity index (χ2n) is 3.85. The minimum absolute atomic E-state index is 0.270. The van der Waals surface area contributed by atoms with E-state index in [2.05, 4.69) is 6.58 Å². The summed E-state index contributed by atoms with van der Waals surface area (Å²) in [7, 11) is 3.08. The Balaban J connectivity index is 2.42. The predicted octanol–water partition coefficient (Wildman–Crippen LogP) is 2.24. The van der Waals surface area contributed by atoms with Crippen molar-refractivity contribution in [3.63, 3.8) is 0 Å². The Bertz CT molecular complexity index is 327. The molecule has 0 aliphatic carbocycles. The summed E-state index contributed by atoms with van der Waals surface area (Å²) in [6, 6.07) is -0.704. The van der Waals surface area contributed by atoms with Crippen molar-refractivity contribution in [1.82, 2.24) is 4.90 Å². The summed E-state index contributed by atoms with van der Waals surface area (Å²) in [5, 5.41) is 8.34. The maximum atomic E-state index is 12.0. The van der Waals surface area contributed by atoms with Crippen LogP contribution >= 0.6 is 33.2 Å². The minimum Gasteiger partial charge on any atom is -0.480 e. The van der Waals surface area contributed by atoms with E-state index in [9.17, 15) is 9.59 Å². The molecule has 0 radical (unpaired) electrons. The molecule has 1 heterocycles. The van der Waals surface area contributed by atoms with Crippen molar-refractivity contribution in [2.24, 2.45) is 0 Å². The minimum atomic E-state index is -0.946. The van der Waals surface area contributed by atoms with Gasteiger partial charge in [-0.15, -0.1) is 18.2 Å². The Hall–Kier alpha value is -0.330. The largest absolute Gasteiger partial charge is 0.480 e. The summed E-state index contributed by atoms with van der Waals surface area (Å²) in [6.07, 6.45) is 3.03. The molecule has 1 aliphatic heterocycles. The number of hydrogen-bond acceptors (Lipinski definition) is 4. The van der Waals surface area contributed by atoms with Crippen molar-refractivity contribution in [3.05, 3.63) is 12.7 Å². The Morgan fingerprint density at radius 3 is 2.89 bits per heavy atom. The molecule has 0 bridgehead atoms. The Morgan fingerprint density at radius 2 is 2.28 bits per heavy atom. The average Bonchev–Trinajstić information content (AvgIpc) is 2.82. The molecule has 1 saturated heterocycles. The van der Waals surface area contributed by atoms with Gasteiger partial charge >= 0.3 is 5.97 Å². The normalized spacial score (nSPS) is 20.7. The van der Waals surface area contributed by atoms with Gasteiger partial charge in [0.15, 0.2) is 0 Å². The van der Waals surface area contributed by atoms with Crippen molar-refractivity contribution >= 4 is 45.1 Å². The van der Waals surface area contributed by atoms with Crippen LogP contribution in [0.25, 0.3) is 0 Å². The van der Waals surface area contributed by atoms with E-state index in [0.717, 1.165) is 12.2 Å². The zero-order valence-corrected chi connectivity index (χ0v) is 12.3. The van der Waals surface area contributed by atoms with E-state index < -0.39 is 17.4 Å². The molecule has 4 nitrogen and oxygen atoms in total. The van der Waals surface area contributed by atoms with Crippen LogP contribution in [-0.2, 0) is 9.59 Å². The molecule has 7 heteroatoms. The smallest absolute Gasteiger partial charge is 0.326 e. The van der Waals surface area contributed by atoms with Crippen LogP contribution in [0.15, 0.2) is 12.7 Å². The van der Waals surface area contributed by atoms with Crippen LogP contribution in [0.5, 0.6) is 0 Å². The van der Waals surface area contributed by atoms with Gasteiger partial charge in [-0.2, -0.15) is 0 Å². The van der Waals surface area contributed by atoms with Crippen LogP contribution in [-0.4, -0.2) is 51.4 Å². The van der Waals surface area contributed by atoms with Crippen LogP contribution < -0.4 is 0 Å². The van der Waals surface area contributed by atoms with Crippen molar-refractivity contribution in [2.45, 2.75) is 24.3 Å². The second-order valence-corrected chi connectivity index (χ2v) is 6.93. The van der Waals surface area contributed by atoms with Gasteiger partial charge in [0, 0.05) is 18.1 Å². The molecule has 1 N–H and O–H groups in total. The van der Waals surface area contributed by atoms with E-state index in [-0.39, 0.29) is 5.91 Å². The van der Waals surface area contributed by atoms with E-state index in [1.54, 1.807) is 16.9 Å². The van der Waals surface area contributed by atoms with Gasteiger partial charge in [-0.05, 0) is 12.8 Å². The maximum absolute atomic E-state index is 12.0. The van der Waals surface area contributed by atoms with Gasteiger partial charge in [0.05, 0.1) is 0 Å². The molecule has 1 fully saturated rings. The van der Waals surface area contributed by atoms with E-state index >= 15 is 0 Å². The first-order valence-corrected chi connectivity index (χ1v) is 8.53. The molecular weight excluding hydrogens is 294 g/mol. The standard InChI is InChI=1S/C11H16ClNO3S2/c1-2-6-17-18-7-8(12)10(14)13-5-3-4-9(13)11(15)16/h2,8-9H,1,3-7H2,(H,15,16)/t8?,9-/m0/s1. The Kier molecular flexibility index (Phi) is 6.96. The number of carbonyl (C=O) groups excluding carboxylic acids is 1. The van der Waals surface area contributed by atoms with Crippen LogP contribution in [0.2, 0.25) is 0 Å². The van der Waals surface area contributed by atoms with Crippen LogP contribution in [0.4, 0.5) is 0 Å². The first-order valence-electron chi connectivity index (χ1n) is 5.60. The van der Waals surface area contributed by atoms with Gasteiger partial charge in [0.2, 0.25) is 5.91 Å². The summed E-state index contributed by atoms with van der Waals surface area (Å²) in [6.45, 7) is 4.09. The maximum Gasteiger partial charge on any atom is 0.326 e. The molecule has 1 rings (SSSR count). The first kappa shape index (κ1) is 15.7. The topological polar surface area (TPSA) is 57.6 Å². The highest BCUT2D eigenvalue weighted by molar-refractivity contribution is 8.76. The lowest BCUT2D eigenvalue weighted by molar-refractivity contribution is -0.147. The molecule has 2 atom stereocenters. The number of likely N-dealkylation sites (tertiary alicyclic amines) is 1. The summed E-state index contributed by atoms with van der Waals surface area (Å²) >= 11 is 6.02. The fourth-order valence-electron chi connectivity index (χ4n) is 1.74. The molecule has 0 aromatic carbocycles. The molecule has 1 unspecified atom stereocenters. The lowest BCUT2D eigenvalue weighted by Crippen LogP contribution is -2.44. The van der Waals surface area contributed by atoms with Crippen LogP contribution in [0.1, 0.15) is 12.8 Å². The fraction of sp³-hybridized carbons (Fsp3) is 0.636. The first-order chi connectivity index (χ1) is 8.57. The zero-order valence-electron chi connectivity index (χ0n) is 9.88. The van der Waals surface area contributed by atoms with E-state index in [1.165, 1.54) is 15.7 Å². The molecule has 0 saturated carbocycles. The van der Waals surface area contributed by atoms with Gasteiger partial charge in [-0.25, -0.2) is 4.79 Å². The number of carbonyl (C=O) groups is 2. The highest BCUT2D eigenvalue weighted by atomic mass is 35.5. The monoisotopic (exact) mass is 309 g/mol. The van der Waals surface area contributed by atoms with Gasteiger partial charge < -0.3 is 10.0 Å². The van der Waals surface area contributed by atoms with Gasteiger partial charge in [0.25, 0.3) is 0 Å². The molecule has 102 valence electrons. The third kappa shape index (κ3) is 4.40. The van der Waals surface area contributed by atoms with E-state index in [0.29, 0.717) is 18.7 Å². The molecule has 1 aliphatic rings. The number of carboxylic acid groups (broad SMARTS) is 1. The lowest BCUT2D eigenvalue weighted by Gasteiger charge is -2.23. The Morgan fingerprint density at radius 1 is 1.56 bits per heavy atom. The number of rotatable bonds is 7. The number of carboxylic acids is 1. The number of hydrogen-bond donors (Lipinski definition) is 1.